The number of hydrogen-bond donors (Lipinski definition) is 0. The highest BCUT2D eigenvalue weighted by Gasteiger charge is 2.12. The van der Waals surface area contributed by atoms with E-state index in [2.05, 4.69) is 5.92 Å². The molecule has 0 N–H and O–H groups in total. The third kappa shape index (κ3) is 2.54. The Labute approximate surface area is 65.0 Å². The Morgan fingerprint density at radius 3 is 3.27 bits per heavy atom. The number of terminal acetylenes is 1. The van der Waals surface area contributed by atoms with Crippen LogP contribution in [0.4, 0.5) is 0 Å². The van der Waals surface area contributed by atoms with Gasteiger partial charge in [0.2, 0.25) is 0 Å². The fraction of sp³-hybridized carbons (Fsp3) is 0.375. The smallest absolute Gasteiger partial charge is 0.181 e. The molecule has 0 bridgehead atoms. The summed E-state index contributed by atoms with van der Waals surface area (Å²) in [7, 11) is 0. The largest absolute Gasteiger partial charge is 0.341 e. The molecule has 1 heterocycles. The molecule has 0 aromatic heterocycles. The Kier molecular flexibility index (Phi) is 2.84. The first-order chi connectivity index (χ1) is 5.33. The van der Waals surface area contributed by atoms with Gasteiger partial charge in [0.15, 0.2) is 12.1 Å². The molecule has 1 aliphatic heterocycles. The molecule has 1 rings (SSSR count). The van der Waals surface area contributed by atoms with E-state index in [9.17, 15) is 4.79 Å². The van der Waals surface area contributed by atoms with Gasteiger partial charge in [-0.05, 0) is 12.2 Å². The zero-order valence-corrected chi connectivity index (χ0v) is 5.95. The van der Waals surface area contributed by atoms with Crippen LogP contribution in [0.25, 0.3) is 0 Å². The van der Waals surface area contributed by atoms with Gasteiger partial charge in [-0.25, -0.2) is 0 Å². The Balaban J connectivity index is 2.33. The lowest BCUT2D eigenvalue weighted by Crippen LogP contribution is -2.23. The van der Waals surface area contributed by atoms with Crippen LogP contribution in [0, 0.1) is 12.3 Å². The van der Waals surface area contributed by atoms with Crippen LogP contribution in [-0.2, 0) is 14.3 Å². The number of carbonyl (C=O) groups is 1. The molecule has 0 spiro atoms. The van der Waals surface area contributed by atoms with Crippen molar-refractivity contribution < 1.29 is 14.3 Å². The van der Waals surface area contributed by atoms with Crippen LogP contribution in [0.3, 0.4) is 0 Å². The van der Waals surface area contributed by atoms with Crippen LogP contribution in [0.15, 0.2) is 12.2 Å². The van der Waals surface area contributed by atoms with Crippen molar-refractivity contribution in [1.29, 1.82) is 0 Å². The van der Waals surface area contributed by atoms with Crippen molar-refractivity contribution >= 4 is 5.78 Å². The molecule has 0 saturated carbocycles. The maximum atomic E-state index is 10.6. The molecule has 1 unspecified atom stereocenters. The van der Waals surface area contributed by atoms with Crippen molar-refractivity contribution in [3.05, 3.63) is 12.2 Å². The molecule has 0 saturated heterocycles. The minimum Gasteiger partial charge on any atom is -0.341 e. The predicted octanol–water partition coefficient (Wildman–Crippen LogP) is 0.118. The van der Waals surface area contributed by atoms with Gasteiger partial charge in [0.1, 0.15) is 13.2 Å². The molecule has 0 aliphatic carbocycles. The second-order valence-electron chi connectivity index (χ2n) is 2.02. The van der Waals surface area contributed by atoms with Gasteiger partial charge in [0.25, 0.3) is 0 Å². The minimum atomic E-state index is -0.455. The van der Waals surface area contributed by atoms with E-state index >= 15 is 0 Å². The topological polar surface area (TPSA) is 35.5 Å². The average molecular weight is 152 g/mol. The summed E-state index contributed by atoms with van der Waals surface area (Å²) >= 11 is 0. The van der Waals surface area contributed by atoms with E-state index < -0.39 is 6.29 Å². The molecular weight excluding hydrogens is 144 g/mol. The van der Waals surface area contributed by atoms with E-state index in [0.29, 0.717) is 0 Å². The molecule has 11 heavy (non-hydrogen) atoms. The second-order valence-corrected chi connectivity index (χ2v) is 2.02. The highest BCUT2D eigenvalue weighted by atomic mass is 16.7. The summed E-state index contributed by atoms with van der Waals surface area (Å²) in [5, 5.41) is 0. The van der Waals surface area contributed by atoms with Crippen LogP contribution in [-0.4, -0.2) is 25.3 Å². The molecule has 0 aromatic rings. The van der Waals surface area contributed by atoms with Gasteiger partial charge in [-0.3, -0.25) is 4.79 Å². The third-order valence-corrected chi connectivity index (χ3v) is 1.16. The molecule has 3 heteroatoms. The van der Waals surface area contributed by atoms with E-state index in [1.807, 2.05) is 0 Å². The van der Waals surface area contributed by atoms with E-state index in [0.717, 1.165) is 0 Å². The molecule has 0 aromatic carbocycles. The zero-order valence-electron chi connectivity index (χ0n) is 5.95. The molecular formula is C8H8O3. The van der Waals surface area contributed by atoms with E-state index in [1.54, 1.807) is 6.08 Å². The number of ether oxygens (including phenoxy) is 2. The first-order valence-corrected chi connectivity index (χ1v) is 3.20. The predicted molar refractivity (Wildman–Crippen MR) is 38.7 cm³/mol. The Bertz CT molecular complexity index is 212. The first kappa shape index (κ1) is 7.99. The van der Waals surface area contributed by atoms with Crippen LogP contribution in [0.1, 0.15) is 0 Å². The van der Waals surface area contributed by atoms with Crippen LogP contribution < -0.4 is 0 Å². The molecule has 0 amide bonds. The van der Waals surface area contributed by atoms with Crippen molar-refractivity contribution in [2.75, 3.05) is 13.2 Å². The second kappa shape index (κ2) is 3.91. The molecule has 1 aliphatic rings. The van der Waals surface area contributed by atoms with E-state index in [4.69, 9.17) is 15.9 Å². The number of hydrogen-bond acceptors (Lipinski definition) is 3. The fourth-order valence-corrected chi connectivity index (χ4v) is 0.688. The van der Waals surface area contributed by atoms with Gasteiger partial charge in [-0.1, -0.05) is 5.92 Å². The number of rotatable bonds is 2. The SMILES string of the molecule is C#CCOC1C=CC(=O)CO1. The third-order valence-electron chi connectivity index (χ3n) is 1.16. The van der Waals surface area contributed by atoms with Crippen LogP contribution >= 0.6 is 0 Å². The fourth-order valence-electron chi connectivity index (χ4n) is 0.688. The average Bonchev–Trinajstić information content (AvgIpc) is 2.04. The highest BCUT2D eigenvalue weighted by molar-refractivity contribution is 5.91. The van der Waals surface area contributed by atoms with Gasteiger partial charge in [-0.2, -0.15) is 0 Å². The van der Waals surface area contributed by atoms with Crippen molar-refractivity contribution in [2.24, 2.45) is 0 Å². The van der Waals surface area contributed by atoms with Gasteiger partial charge < -0.3 is 9.47 Å². The van der Waals surface area contributed by atoms with Gasteiger partial charge >= 0.3 is 0 Å². The highest BCUT2D eigenvalue weighted by Crippen LogP contribution is 2.02. The molecule has 0 radical (unpaired) electrons. The summed E-state index contributed by atoms with van der Waals surface area (Å²) < 4.78 is 9.92. The number of ketones is 1. The summed E-state index contributed by atoms with van der Waals surface area (Å²) in [6.45, 7) is 0.273. The van der Waals surface area contributed by atoms with E-state index in [-0.39, 0.29) is 19.0 Å². The van der Waals surface area contributed by atoms with Crippen molar-refractivity contribution in [3.8, 4) is 12.3 Å². The summed E-state index contributed by atoms with van der Waals surface area (Å²) in [6.07, 6.45) is 7.48. The quantitative estimate of drug-likeness (QED) is 0.527. The lowest BCUT2D eigenvalue weighted by molar-refractivity contribution is -0.138. The van der Waals surface area contributed by atoms with Gasteiger partial charge in [0, 0.05) is 0 Å². The van der Waals surface area contributed by atoms with Gasteiger partial charge in [0.05, 0.1) is 0 Å². The summed E-state index contributed by atoms with van der Waals surface area (Å²) in [5.41, 5.74) is 0. The summed E-state index contributed by atoms with van der Waals surface area (Å²) in [6, 6.07) is 0. The monoisotopic (exact) mass is 152 g/mol. The lowest BCUT2D eigenvalue weighted by atomic mass is 10.3. The molecule has 58 valence electrons. The van der Waals surface area contributed by atoms with Gasteiger partial charge in [-0.15, -0.1) is 6.42 Å². The van der Waals surface area contributed by atoms with Crippen molar-refractivity contribution in [1.82, 2.24) is 0 Å². The van der Waals surface area contributed by atoms with Crippen LogP contribution in [0.2, 0.25) is 0 Å². The zero-order chi connectivity index (χ0) is 8.10. The Morgan fingerprint density at radius 1 is 1.91 bits per heavy atom. The van der Waals surface area contributed by atoms with Crippen molar-refractivity contribution in [3.63, 3.8) is 0 Å². The summed E-state index contributed by atoms with van der Waals surface area (Å²) in [4.78, 5) is 10.6. The normalized spacial score (nSPS) is 23.2. The van der Waals surface area contributed by atoms with E-state index in [1.165, 1.54) is 6.08 Å². The maximum absolute atomic E-state index is 10.6. The van der Waals surface area contributed by atoms with Crippen molar-refractivity contribution in [2.45, 2.75) is 6.29 Å². The molecule has 1 atom stereocenters. The molecule has 0 fully saturated rings. The molecule has 3 nitrogen and oxygen atoms in total. The maximum Gasteiger partial charge on any atom is 0.181 e. The standard InChI is InChI=1S/C8H8O3/c1-2-5-10-8-4-3-7(9)6-11-8/h1,3-4,8H,5-6H2. The minimum absolute atomic E-state index is 0.0504. The lowest BCUT2D eigenvalue weighted by Gasteiger charge is -2.15. The number of carbonyl (C=O) groups excluding carboxylic acids is 1. The summed E-state index contributed by atoms with van der Waals surface area (Å²) in [5.74, 6) is 2.25. The Morgan fingerprint density at radius 2 is 2.73 bits per heavy atom. The van der Waals surface area contributed by atoms with Crippen LogP contribution in [0.5, 0.6) is 0 Å². The first-order valence-electron chi connectivity index (χ1n) is 3.20. The Hall–Kier alpha value is -1.11.